The zero-order valence-electron chi connectivity index (χ0n) is 9.51. The first-order valence-corrected chi connectivity index (χ1v) is 5.41. The second kappa shape index (κ2) is 4.79. The molecule has 0 radical (unpaired) electrons. The molecule has 1 heterocycles. The molecule has 6 heteroatoms. The van der Waals surface area contributed by atoms with Crippen molar-refractivity contribution < 1.29 is 14.7 Å². The number of carbonyl (C=O) groups excluding carboxylic acids is 1. The monoisotopic (exact) mass is 247 g/mol. The summed E-state index contributed by atoms with van der Waals surface area (Å²) in [6.07, 6.45) is 1.92. The SMILES string of the molecule is NC(=O)N[C@H](Cc1c[nH]c2ccccc12)C(=O)O. The number of benzene rings is 1. The molecule has 2 aromatic rings. The summed E-state index contributed by atoms with van der Waals surface area (Å²) in [7, 11) is 0. The predicted molar refractivity (Wildman–Crippen MR) is 66.1 cm³/mol. The number of amides is 2. The predicted octanol–water partition coefficient (Wildman–Crippen LogP) is 0.832. The summed E-state index contributed by atoms with van der Waals surface area (Å²) in [6, 6.07) is 5.68. The fourth-order valence-corrected chi connectivity index (χ4v) is 1.89. The minimum atomic E-state index is -1.11. The number of fused-ring (bicyclic) bond motifs is 1. The lowest BCUT2D eigenvalue weighted by Gasteiger charge is -2.12. The topological polar surface area (TPSA) is 108 Å². The van der Waals surface area contributed by atoms with Crippen LogP contribution in [-0.2, 0) is 11.2 Å². The first kappa shape index (κ1) is 12.0. The van der Waals surface area contributed by atoms with E-state index in [1.165, 1.54) is 0 Å². The fourth-order valence-electron chi connectivity index (χ4n) is 1.89. The molecular weight excluding hydrogens is 234 g/mol. The number of nitrogens with two attached hydrogens (primary N) is 1. The average molecular weight is 247 g/mol. The molecule has 2 amide bonds. The van der Waals surface area contributed by atoms with E-state index in [1.54, 1.807) is 6.20 Å². The van der Waals surface area contributed by atoms with Gasteiger partial charge in [0.05, 0.1) is 0 Å². The van der Waals surface area contributed by atoms with Gasteiger partial charge >= 0.3 is 12.0 Å². The molecular formula is C12H13N3O3. The van der Waals surface area contributed by atoms with Crippen LogP contribution in [0.2, 0.25) is 0 Å². The van der Waals surface area contributed by atoms with Gasteiger partial charge in [-0.3, -0.25) is 0 Å². The Kier molecular flexibility index (Phi) is 3.18. The number of carboxylic acids is 1. The Morgan fingerprint density at radius 2 is 2.11 bits per heavy atom. The van der Waals surface area contributed by atoms with Crippen molar-refractivity contribution in [3.8, 4) is 0 Å². The average Bonchev–Trinajstić information content (AvgIpc) is 2.71. The molecule has 18 heavy (non-hydrogen) atoms. The molecule has 1 atom stereocenters. The van der Waals surface area contributed by atoms with E-state index < -0.39 is 18.0 Å². The van der Waals surface area contributed by atoms with Gasteiger partial charge in [-0.2, -0.15) is 0 Å². The largest absolute Gasteiger partial charge is 0.480 e. The van der Waals surface area contributed by atoms with Crippen molar-refractivity contribution in [2.75, 3.05) is 0 Å². The first-order chi connectivity index (χ1) is 8.58. The summed E-state index contributed by atoms with van der Waals surface area (Å²) < 4.78 is 0. The highest BCUT2D eigenvalue weighted by atomic mass is 16.4. The maximum absolute atomic E-state index is 11.0. The lowest BCUT2D eigenvalue weighted by Crippen LogP contribution is -2.44. The molecule has 94 valence electrons. The minimum Gasteiger partial charge on any atom is -0.480 e. The molecule has 0 fully saturated rings. The van der Waals surface area contributed by atoms with Gasteiger partial charge in [-0.25, -0.2) is 9.59 Å². The highest BCUT2D eigenvalue weighted by molar-refractivity contribution is 5.85. The summed E-state index contributed by atoms with van der Waals surface area (Å²) in [4.78, 5) is 24.8. The van der Waals surface area contributed by atoms with Crippen molar-refractivity contribution in [3.05, 3.63) is 36.0 Å². The molecule has 1 aromatic carbocycles. The molecule has 5 N–H and O–H groups in total. The van der Waals surface area contributed by atoms with E-state index in [2.05, 4.69) is 10.3 Å². The molecule has 0 unspecified atom stereocenters. The van der Waals surface area contributed by atoms with E-state index >= 15 is 0 Å². The Labute approximate surface area is 103 Å². The zero-order valence-corrected chi connectivity index (χ0v) is 9.51. The van der Waals surface area contributed by atoms with Crippen LogP contribution >= 0.6 is 0 Å². The smallest absolute Gasteiger partial charge is 0.326 e. The number of urea groups is 1. The van der Waals surface area contributed by atoms with Crippen molar-refractivity contribution in [1.29, 1.82) is 0 Å². The van der Waals surface area contributed by atoms with Crippen LogP contribution < -0.4 is 11.1 Å². The summed E-state index contributed by atoms with van der Waals surface area (Å²) in [6.45, 7) is 0. The number of aliphatic carboxylic acids is 1. The van der Waals surface area contributed by atoms with Gasteiger partial charge in [0.2, 0.25) is 0 Å². The highest BCUT2D eigenvalue weighted by Crippen LogP contribution is 2.19. The van der Waals surface area contributed by atoms with Gasteiger partial charge < -0.3 is 21.1 Å². The number of aromatic nitrogens is 1. The van der Waals surface area contributed by atoms with Gasteiger partial charge in [0, 0.05) is 23.5 Å². The summed E-state index contributed by atoms with van der Waals surface area (Å²) >= 11 is 0. The van der Waals surface area contributed by atoms with Crippen LogP contribution in [-0.4, -0.2) is 28.1 Å². The normalized spacial score (nSPS) is 12.2. The van der Waals surface area contributed by atoms with Crippen LogP contribution in [0.4, 0.5) is 4.79 Å². The number of carboxylic acid groups (broad SMARTS) is 1. The van der Waals surface area contributed by atoms with E-state index in [4.69, 9.17) is 10.8 Å². The molecule has 0 saturated heterocycles. The Balaban J connectivity index is 2.26. The van der Waals surface area contributed by atoms with Crippen LogP contribution in [0, 0.1) is 0 Å². The lowest BCUT2D eigenvalue weighted by atomic mass is 10.1. The third-order valence-corrected chi connectivity index (χ3v) is 2.71. The first-order valence-electron chi connectivity index (χ1n) is 5.41. The molecule has 0 bridgehead atoms. The number of rotatable bonds is 4. The number of aromatic amines is 1. The van der Waals surface area contributed by atoms with E-state index in [1.807, 2.05) is 24.3 Å². The maximum atomic E-state index is 11.0. The number of primary amides is 1. The molecule has 6 nitrogen and oxygen atoms in total. The van der Waals surface area contributed by atoms with Gasteiger partial charge in [-0.15, -0.1) is 0 Å². The number of hydrogen-bond acceptors (Lipinski definition) is 2. The number of nitrogens with one attached hydrogen (secondary N) is 2. The third kappa shape index (κ3) is 2.42. The lowest BCUT2D eigenvalue weighted by molar-refractivity contribution is -0.139. The maximum Gasteiger partial charge on any atom is 0.326 e. The minimum absolute atomic E-state index is 0.183. The van der Waals surface area contributed by atoms with Gasteiger partial charge in [-0.05, 0) is 11.6 Å². The van der Waals surface area contributed by atoms with Gasteiger partial charge in [0.15, 0.2) is 0 Å². The zero-order chi connectivity index (χ0) is 13.1. The van der Waals surface area contributed by atoms with E-state index in [9.17, 15) is 9.59 Å². The molecule has 0 aliphatic carbocycles. The number of carbonyl (C=O) groups is 2. The Bertz CT molecular complexity index is 591. The van der Waals surface area contributed by atoms with Crippen molar-refractivity contribution in [3.63, 3.8) is 0 Å². The van der Waals surface area contributed by atoms with Crippen LogP contribution in [0.5, 0.6) is 0 Å². The Hall–Kier alpha value is -2.50. The molecule has 1 aromatic heterocycles. The highest BCUT2D eigenvalue weighted by Gasteiger charge is 2.20. The van der Waals surface area contributed by atoms with E-state index in [-0.39, 0.29) is 6.42 Å². The van der Waals surface area contributed by atoms with E-state index in [0.717, 1.165) is 16.5 Å². The van der Waals surface area contributed by atoms with Crippen LogP contribution in [0.15, 0.2) is 30.5 Å². The van der Waals surface area contributed by atoms with E-state index in [0.29, 0.717) is 0 Å². The third-order valence-electron chi connectivity index (χ3n) is 2.71. The van der Waals surface area contributed by atoms with Crippen molar-refractivity contribution in [2.24, 2.45) is 5.73 Å². The van der Waals surface area contributed by atoms with Gasteiger partial charge in [0.25, 0.3) is 0 Å². The molecule has 0 aliphatic heterocycles. The molecule has 0 aliphatic rings. The second-order valence-corrected chi connectivity index (χ2v) is 3.96. The number of hydrogen-bond donors (Lipinski definition) is 4. The van der Waals surface area contributed by atoms with Crippen LogP contribution in [0.3, 0.4) is 0 Å². The van der Waals surface area contributed by atoms with Crippen molar-refractivity contribution in [1.82, 2.24) is 10.3 Å². The van der Waals surface area contributed by atoms with Crippen molar-refractivity contribution in [2.45, 2.75) is 12.5 Å². The fraction of sp³-hybridized carbons (Fsp3) is 0.167. The molecule has 0 spiro atoms. The Morgan fingerprint density at radius 1 is 1.39 bits per heavy atom. The summed E-state index contributed by atoms with van der Waals surface area (Å²) in [5.74, 6) is -1.11. The van der Waals surface area contributed by atoms with Gasteiger partial charge in [0.1, 0.15) is 6.04 Å². The second-order valence-electron chi connectivity index (χ2n) is 3.96. The summed E-state index contributed by atoms with van der Waals surface area (Å²) in [5.41, 5.74) is 6.70. The van der Waals surface area contributed by atoms with Crippen LogP contribution in [0.1, 0.15) is 5.56 Å². The number of para-hydroxylation sites is 1. The molecule has 0 saturated carbocycles. The van der Waals surface area contributed by atoms with Gasteiger partial charge in [-0.1, -0.05) is 18.2 Å². The quantitative estimate of drug-likeness (QED) is 0.642. The van der Waals surface area contributed by atoms with Crippen molar-refractivity contribution >= 4 is 22.9 Å². The summed E-state index contributed by atoms with van der Waals surface area (Å²) in [5, 5.41) is 12.2. The van der Waals surface area contributed by atoms with Crippen LogP contribution in [0.25, 0.3) is 10.9 Å². The Morgan fingerprint density at radius 3 is 2.78 bits per heavy atom. The number of H-pyrrole nitrogens is 1. The molecule has 2 rings (SSSR count). The standard InChI is InChI=1S/C12H13N3O3/c13-12(18)15-10(11(16)17)5-7-6-14-9-4-2-1-3-8(7)9/h1-4,6,10,14H,5H2,(H,16,17)(H3,13,15,18)/t10-/m1/s1.